The topological polar surface area (TPSA) is 20.7 Å². The van der Waals surface area contributed by atoms with Gasteiger partial charge in [0.2, 0.25) is 0 Å². The first-order chi connectivity index (χ1) is 6.34. The average molecular weight is 194 g/mol. The van der Waals surface area contributed by atoms with E-state index in [0.717, 1.165) is 16.6 Å². The lowest BCUT2D eigenvalue weighted by Crippen LogP contribution is -2.15. The van der Waals surface area contributed by atoms with Gasteiger partial charge >= 0.3 is 0 Å². The van der Waals surface area contributed by atoms with E-state index < -0.39 is 0 Å². The van der Waals surface area contributed by atoms with E-state index >= 15 is 0 Å². The highest BCUT2D eigenvalue weighted by atomic mass is 32.1. The molecular formula is C10H14N2S. The Labute approximate surface area is 83.0 Å². The van der Waals surface area contributed by atoms with Gasteiger partial charge in [-0.25, -0.2) is 0 Å². The molecule has 0 aromatic carbocycles. The van der Waals surface area contributed by atoms with Crippen molar-refractivity contribution >= 4 is 12.2 Å². The Hall–Kier alpha value is -0.570. The number of aromatic amines is 1. The van der Waals surface area contributed by atoms with Gasteiger partial charge in [0.1, 0.15) is 0 Å². The predicted octanol–water partition coefficient (Wildman–Crippen LogP) is 2.91. The van der Waals surface area contributed by atoms with Crippen molar-refractivity contribution in [2.75, 3.05) is 0 Å². The minimum Gasteiger partial charge on any atom is -0.337 e. The summed E-state index contributed by atoms with van der Waals surface area (Å²) in [4.78, 5) is 3.08. The van der Waals surface area contributed by atoms with Crippen molar-refractivity contribution in [2.24, 2.45) is 11.8 Å². The van der Waals surface area contributed by atoms with E-state index in [1.54, 1.807) is 0 Å². The van der Waals surface area contributed by atoms with Crippen LogP contribution in [0.25, 0.3) is 0 Å². The Morgan fingerprint density at radius 1 is 1.38 bits per heavy atom. The van der Waals surface area contributed by atoms with Crippen LogP contribution < -0.4 is 0 Å². The Morgan fingerprint density at radius 3 is 2.85 bits per heavy atom. The Kier molecular flexibility index (Phi) is 1.62. The zero-order chi connectivity index (χ0) is 8.84. The van der Waals surface area contributed by atoms with Gasteiger partial charge in [-0.1, -0.05) is 6.42 Å². The molecule has 3 atom stereocenters. The molecule has 2 nitrogen and oxygen atoms in total. The summed E-state index contributed by atoms with van der Waals surface area (Å²) in [5.74, 6) is 1.90. The van der Waals surface area contributed by atoms with Crippen molar-refractivity contribution in [3.8, 4) is 0 Å². The smallest absolute Gasteiger partial charge is 0.177 e. The number of fused-ring (bicyclic) bond motifs is 2. The zero-order valence-electron chi connectivity index (χ0n) is 7.57. The van der Waals surface area contributed by atoms with Gasteiger partial charge in [-0.3, -0.25) is 0 Å². The van der Waals surface area contributed by atoms with Crippen molar-refractivity contribution < 1.29 is 0 Å². The van der Waals surface area contributed by atoms with E-state index in [1.807, 2.05) is 6.20 Å². The molecule has 0 amide bonds. The van der Waals surface area contributed by atoms with Gasteiger partial charge in [0.25, 0.3) is 0 Å². The molecule has 1 aromatic heterocycles. The molecule has 70 valence electrons. The van der Waals surface area contributed by atoms with E-state index in [2.05, 4.69) is 15.7 Å². The fourth-order valence-electron chi connectivity index (χ4n) is 3.14. The number of nitrogens with one attached hydrogen (secondary N) is 1. The lowest BCUT2D eigenvalue weighted by molar-refractivity contribution is 0.327. The van der Waals surface area contributed by atoms with Crippen LogP contribution in [0.3, 0.4) is 0 Å². The van der Waals surface area contributed by atoms with Crippen LogP contribution in [0.15, 0.2) is 12.4 Å². The molecule has 1 heterocycles. The molecule has 2 aliphatic carbocycles. The highest BCUT2D eigenvalue weighted by Crippen LogP contribution is 2.50. The van der Waals surface area contributed by atoms with E-state index in [1.165, 1.54) is 25.7 Å². The van der Waals surface area contributed by atoms with Crippen LogP contribution in [0.4, 0.5) is 0 Å². The number of hydrogen-bond donors (Lipinski definition) is 1. The second-order valence-electron chi connectivity index (χ2n) is 4.41. The van der Waals surface area contributed by atoms with Crippen LogP contribution in [0, 0.1) is 16.6 Å². The number of rotatable bonds is 1. The average Bonchev–Trinajstić information content (AvgIpc) is 2.77. The summed E-state index contributed by atoms with van der Waals surface area (Å²) in [7, 11) is 0. The number of imidazole rings is 1. The summed E-state index contributed by atoms with van der Waals surface area (Å²) < 4.78 is 3.16. The lowest BCUT2D eigenvalue weighted by Gasteiger charge is -2.22. The molecule has 2 fully saturated rings. The minimum absolute atomic E-state index is 0.706. The van der Waals surface area contributed by atoms with Gasteiger partial charge in [0.15, 0.2) is 4.77 Å². The molecule has 2 aliphatic rings. The quantitative estimate of drug-likeness (QED) is 0.682. The van der Waals surface area contributed by atoms with Crippen LogP contribution in [-0.4, -0.2) is 9.55 Å². The molecule has 1 N–H and O–H groups in total. The third kappa shape index (κ3) is 1.10. The lowest BCUT2D eigenvalue weighted by atomic mass is 9.95. The molecule has 0 radical (unpaired) electrons. The molecule has 3 rings (SSSR count). The zero-order valence-corrected chi connectivity index (χ0v) is 8.39. The minimum atomic E-state index is 0.706. The maximum atomic E-state index is 5.25. The Morgan fingerprint density at radius 2 is 2.31 bits per heavy atom. The number of nitrogens with zero attached hydrogens (tertiary/aromatic N) is 1. The maximum absolute atomic E-state index is 5.25. The van der Waals surface area contributed by atoms with Gasteiger partial charge in [-0.2, -0.15) is 0 Å². The van der Waals surface area contributed by atoms with Crippen LogP contribution in [-0.2, 0) is 0 Å². The third-order valence-electron chi connectivity index (χ3n) is 3.73. The van der Waals surface area contributed by atoms with Crippen molar-refractivity contribution in [1.29, 1.82) is 0 Å². The summed E-state index contributed by atoms with van der Waals surface area (Å²) in [6.45, 7) is 0. The van der Waals surface area contributed by atoms with Gasteiger partial charge in [-0.05, 0) is 43.3 Å². The summed E-state index contributed by atoms with van der Waals surface area (Å²) in [6.07, 6.45) is 9.73. The van der Waals surface area contributed by atoms with Crippen LogP contribution >= 0.6 is 12.2 Å². The fraction of sp³-hybridized carbons (Fsp3) is 0.700. The number of H-pyrrole nitrogens is 1. The first kappa shape index (κ1) is 7.80. The molecule has 3 heteroatoms. The molecule has 2 bridgehead atoms. The monoisotopic (exact) mass is 194 g/mol. The van der Waals surface area contributed by atoms with Crippen molar-refractivity contribution in [1.82, 2.24) is 9.55 Å². The van der Waals surface area contributed by atoms with E-state index in [-0.39, 0.29) is 0 Å². The summed E-state index contributed by atoms with van der Waals surface area (Å²) in [5, 5.41) is 0. The number of hydrogen-bond acceptors (Lipinski definition) is 1. The van der Waals surface area contributed by atoms with Crippen LogP contribution in [0.1, 0.15) is 31.7 Å². The van der Waals surface area contributed by atoms with E-state index in [0.29, 0.717) is 6.04 Å². The molecule has 1 aromatic rings. The van der Waals surface area contributed by atoms with Gasteiger partial charge in [-0.15, -0.1) is 0 Å². The largest absolute Gasteiger partial charge is 0.337 e. The summed E-state index contributed by atoms with van der Waals surface area (Å²) in [5.41, 5.74) is 0. The normalized spacial score (nSPS) is 37.1. The molecule has 0 aliphatic heterocycles. The SMILES string of the molecule is S=c1[nH]ccn1C1CC2CCC1C2. The van der Waals surface area contributed by atoms with Crippen LogP contribution in [0.5, 0.6) is 0 Å². The first-order valence-electron chi connectivity index (χ1n) is 5.10. The predicted molar refractivity (Wildman–Crippen MR) is 54.1 cm³/mol. The fourth-order valence-corrected chi connectivity index (χ4v) is 3.41. The first-order valence-corrected chi connectivity index (χ1v) is 5.51. The second kappa shape index (κ2) is 2.71. The molecule has 3 unspecified atom stereocenters. The highest BCUT2D eigenvalue weighted by Gasteiger charge is 2.40. The Balaban J connectivity index is 1.95. The summed E-state index contributed by atoms with van der Waals surface area (Å²) in [6, 6.07) is 0.706. The van der Waals surface area contributed by atoms with E-state index in [4.69, 9.17) is 12.2 Å². The van der Waals surface area contributed by atoms with Gasteiger partial charge in [0.05, 0.1) is 0 Å². The number of aromatic nitrogens is 2. The third-order valence-corrected chi connectivity index (χ3v) is 4.06. The summed E-state index contributed by atoms with van der Waals surface area (Å²) >= 11 is 5.25. The van der Waals surface area contributed by atoms with Gasteiger partial charge < -0.3 is 9.55 Å². The maximum Gasteiger partial charge on any atom is 0.177 e. The molecule has 2 saturated carbocycles. The Bertz CT molecular complexity index is 365. The molecule has 0 saturated heterocycles. The van der Waals surface area contributed by atoms with Crippen molar-refractivity contribution in [3.63, 3.8) is 0 Å². The van der Waals surface area contributed by atoms with Gasteiger partial charge in [0, 0.05) is 18.4 Å². The van der Waals surface area contributed by atoms with Crippen molar-refractivity contribution in [3.05, 3.63) is 17.2 Å². The second-order valence-corrected chi connectivity index (χ2v) is 4.80. The van der Waals surface area contributed by atoms with E-state index in [9.17, 15) is 0 Å². The highest BCUT2D eigenvalue weighted by molar-refractivity contribution is 7.71. The van der Waals surface area contributed by atoms with Crippen molar-refractivity contribution in [2.45, 2.75) is 31.7 Å². The molecule has 13 heavy (non-hydrogen) atoms. The molecular weight excluding hydrogens is 180 g/mol. The standard InChI is InChI=1S/C10H14N2S/c13-10-11-3-4-12(10)9-6-7-1-2-8(9)5-7/h3-4,7-9H,1-2,5-6H2,(H,11,13). The molecule has 0 spiro atoms. The van der Waals surface area contributed by atoms with Crippen LogP contribution in [0.2, 0.25) is 0 Å².